The quantitative estimate of drug-likeness (QED) is 0.383. The third kappa shape index (κ3) is 3.30. The SMILES string of the molecule is CC#CC#[C][Pb]([c]1ccccc1)([c]1ccccc1)[c]1ccccc1. The summed E-state index contributed by atoms with van der Waals surface area (Å²) in [5.74, 6) is 9.02. The van der Waals surface area contributed by atoms with Crippen LogP contribution in [0.3, 0.4) is 0 Å². The Morgan fingerprint density at radius 1 is 0.542 bits per heavy atom. The van der Waals surface area contributed by atoms with Gasteiger partial charge in [0.1, 0.15) is 0 Å². The molecule has 0 N–H and O–H groups in total. The number of hydrogen-bond donors (Lipinski definition) is 0. The number of benzene rings is 3. The Hall–Kier alpha value is -2.30. The Kier molecular flexibility index (Phi) is 5.52. The van der Waals surface area contributed by atoms with Crippen molar-refractivity contribution in [3.63, 3.8) is 0 Å². The van der Waals surface area contributed by atoms with Crippen LogP contribution in [0.5, 0.6) is 0 Å². The molecule has 3 aromatic carbocycles. The molecule has 3 aromatic rings. The van der Waals surface area contributed by atoms with Crippen LogP contribution in [-0.4, -0.2) is 21.2 Å². The van der Waals surface area contributed by atoms with E-state index in [0.717, 1.165) is 0 Å². The van der Waals surface area contributed by atoms with Crippen LogP contribution in [-0.2, 0) is 0 Å². The van der Waals surface area contributed by atoms with Gasteiger partial charge in [-0.25, -0.2) is 0 Å². The average molecular weight is 502 g/mol. The van der Waals surface area contributed by atoms with Gasteiger partial charge in [-0.05, 0) is 0 Å². The summed E-state index contributed by atoms with van der Waals surface area (Å²) in [5, 5.41) is 0. The molecule has 0 amide bonds. The molecule has 24 heavy (non-hydrogen) atoms. The fraction of sp³-hybridized carbons (Fsp3) is 0.0435. The molecular formula is C23H18Pb. The molecule has 114 valence electrons. The van der Waals surface area contributed by atoms with Gasteiger partial charge in [0.2, 0.25) is 0 Å². The molecular weight excluding hydrogens is 483 g/mol. The first-order chi connectivity index (χ1) is 11.9. The molecule has 1 heteroatoms. The van der Waals surface area contributed by atoms with Crippen LogP contribution in [0.1, 0.15) is 6.92 Å². The predicted octanol–water partition coefficient (Wildman–Crippen LogP) is 2.72. The Morgan fingerprint density at radius 2 is 0.917 bits per heavy atom. The summed E-state index contributed by atoms with van der Waals surface area (Å²) >= 11 is -3.56. The van der Waals surface area contributed by atoms with E-state index in [1.54, 1.807) is 0 Å². The molecule has 0 heterocycles. The van der Waals surface area contributed by atoms with Crippen LogP contribution in [0.25, 0.3) is 0 Å². The van der Waals surface area contributed by atoms with Crippen molar-refractivity contribution in [2.45, 2.75) is 6.92 Å². The third-order valence-corrected chi connectivity index (χ3v) is 20.0. The summed E-state index contributed by atoms with van der Waals surface area (Å²) in [6.07, 6.45) is 0. The molecule has 0 radical (unpaired) electrons. The summed E-state index contributed by atoms with van der Waals surface area (Å²) in [4.78, 5) is 0. The van der Waals surface area contributed by atoms with Gasteiger partial charge in [-0.15, -0.1) is 0 Å². The fourth-order valence-corrected chi connectivity index (χ4v) is 17.6. The molecule has 0 spiro atoms. The van der Waals surface area contributed by atoms with Gasteiger partial charge in [0.15, 0.2) is 0 Å². The van der Waals surface area contributed by atoms with Gasteiger partial charge in [-0.3, -0.25) is 0 Å². The molecule has 0 atom stereocenters. The van der Waals surface area contributed by atoms with Crippen LogP contribution < -0.4 is 9.37 Å². The molecule has 0 unspecified atom stereocenters. The van der Waals surface area contributed by atoms with Crippen molar-refractivity contribution < 1.29 is 0 Å². The molecule has 0 nitrogen and oxygen atoms in total. The molecule has 0 aliphatic heterocycles. The third-order valence-electron chi connectivity index (χ3n) is 4.06. The van der Waals surface area contributed by atoms with Crippen molar-refractivity contribution in [1.29, 1.82) is 0 Å². The van der Waals surface area contributed by atoms with Crippen molar-refractivity contribution in [3.8, 4) is 21.2 Å². The van der Waals surface area contributed by atoms with Gasteiger partial charge in [0.25, 0.3) is 0 Å². The van der Waals surface area contributed by atoms with E-state index in [0.29, 0.717) is 0 Å². The molecule has 0 aromatic heterocycles. The van der Waals surface area contributed by atoms with Crippen LogP contribution >= 0.6 is 0 Å². The first kappa shape index (κ1) is 16.6. The molecule has 0 aliphatic carbocycles. The van der Waals surface area contributed by atoms with Gasteiger partial charge in [-0.1, -0.05) is 0 Å². The Bertz CT molecular complexity index is 808. The van der Waals surface area contributed by atoms with Crippen molar-refractivity contribution in [2.24, 2.45) is 0 Å². The van der Waals surface area contributed by atoms with Crippen molar-refractivity contribution >= 4 is 30.5 Å². The van der Waals surface area contributed by atoms with Crippen molar-refractivity contribution in [3.05, 3.63) is 91.0 Å². The van der Waals surface area contributed by atoms with E-state index in [-0.39, 0.29) is 0 Å². The second-order valence-electron chi connectivity index (χ2n) is 5.47. The summed E-state index contributed by atoms with van der Waals surface area (Å²) in [6.45, 7) is 1.83. The van der Waals surface area contributed by atoms with Gasteiger partial charge >= 0.3 is 150 Å². The maximum atomic E-state index is 3.68. The minimum atomic E-state index is -3.56. The monoisotopic (exact) mass is 502 g/mol. The van der Waals surface area contributed by atoms with Gasteiger partial charge < -0.3 is 0 Å². The van der Waals surface area contributed by atoms with Crippen LogP contribution in [0, 0.1) is 21.2 Å². The van der Waals surface area contributed by atoms with E-state index in [1.165, 1.54) is 9.37 Å². The molecule has 3 rings (SSSR count). The molecule has 0 saturated carbocycles. The first-order valence-electron chi connectivity index (χ1n) is 7.98. The minimum absolute atomic E-state index is 1.37. The molecule has 0 saturated heterocycles. The Morgan fingerprint density at radius 3 is 1.25 bits per heavy atom. The molecule has 0 fully saturated rings. The van der Waals surface area contributed by atoms with Gasteiger partial charge in [0.05, 0.1) is 0 Å². The van der Waals surface area contributed by atoms with Crippen molar-refractivity contribution in [2.75, 3.05) is 0 Å². The first-order valence-corrected chi connectivity index (χ1v) is 15.8. The Labute approximate surface area is 149 Å². The fourth-order valence-electron chi connectivity index (χ4n) is 2.97. The van der Waals surface area contributed by atoms with Gasteiger partial charge in [-0.2, -0.15) is 0 Å². The topological polar surface area (TPSA) is 0 Å². The van der Waals surface area contributed by atoms with E-state index in [9.17, 15) is 0 Å². The molecule has 0 aliphatic rings. The average Bonchev–Trinajstić information content (AvgIpc) is 2.68. The summed E-state index contributed by atoms with van der Waals surface area (Å²) in [7, 11) is 0. The number of hydrogen-bond acceptors (Lipinski definition) is 0. The Balaban J connectivity index is 2.37. The van der Waals surface area contributed by atoms with Crippen LogP contribution in [0.4, 0.5) is 0 Å². The standard InChI is InChI=1S/3C6H5.C5H3.Pb/c3*1-2-4-6-5-3-1;1-3-5-4-2;/h3*1-5H;1H3;. The van der Waals surface area contributed by atoms with Crippen molar-refractivity contribution in [1.82, 2.24) is 0 Å². The van der Waals surface area contributed by atoms with E-state index < -0.39 is 21.2 Å². The van der Waals surface area contributed by atoms with E-state index >= 15 is 0 Å². The second-order valence-corrected chi connectivity index (χ2v) is 19.0. The summed E-state index contributed by atoms with van der Waals surface area (Å²) in [5.41, 5.74) is 0. The summed E-state index contributed by atoms with van der Waals surface area (Å²) in [6, 6.07) is 32.3. The van der Waals surface area contributed by atoms with E-state index in [2.05, 4.69) is 112 Å². The second kappa shape index (κ2) is 8.00. The normalized spacial score (nSPS) is 10.0. The zero-order valence-electron chi connectivity index (χ0n) is 13.7. The van der Waals surface area contributed by atoms with Crippen LogP contribution in [0.15, 0.2) is 91.0 Å². The zero-order chi connectivity index (χ0) is 16.7. The maximum absolute atomic E-state index is 3.68. The van der Waals surface area contributed by atoms with Gasteiger partial charge in [0, 0.05) is 0 Å². The van der Waals surface area contributed by atoms with E-state index in [4.69, 9.17) is 0 Å². The molecule has 0 bridgehead atoms. The number of rotatable bonds is 3. The summed E-state index contributed by atoms with van der Waals surface area (Å²) < 4.78 is 7.79. The van der Waals surface area contributed by atoms with Crippen LogP contribution in [0.2, 0.25) is 0 Å². The predicted molar refractivity (Wildman–Crippen MR) is 105 cm³/mol. The van der Waals surface area contributed by atoms with E-state index in [1.807, 2.05) is 6.92 Å². The zero-order valence-corrected chi connectivity index (χ0v) is 17.5.